The molecule has 110 valence electrons. The highest BCUT2D eigenvalue weighted by Crippen LogP contribution is 2.17. The highest BCUT2D eigenvalue weighted by Gasteiger charge is 2.13. The van der Waals surface area contributed by atoms with Crippen molar-refractivity contribution in [1.29, 1.82) is 0 Å². The summed E-state index contributed by atoms with van der Waals surface area (Å²) in [6, 6.07) is 10.7. The number of halogens is 1. The summed E-state index contributed by atoms with van der Waals surface area (Å²) in [6.45, 7) is 7.17. The van der Waals surface area contributed by atoms with Gasteiger partial charge in [-0.25, -0.2) is 0 Å². The lowest BCUT2D eigenvalue weighted by Gasteiger charge is -2.09. The van der Waals surface area contributed by atoms with E-state index >= 15 is 0 Å². The molecule has 4 heteroatoms. The fourth-order valence-corrected chi connectivity index (χ4v) is 2.35. The summed E-state index contributed by atoms with van der Waals surface area (Å²) < 4.78 is 2.09. The van der Waals surface area contributed by atoms with E-state index < -0.39 is 0 Å². The second kappa shape index (κ2) is 7.46. The van der Waals surface area contributed by atoms with Gasteiger partial charge in [-0.05, 0) is 37.8 Å². The molecule has 1 heterocycles. The number of benzene rings is 1. The van der Waals surface area contributed by atoms with E-state index in [2.05, 4.69) is 54.8 Å². The highest BCUT2D eigenvalue weighted by molar-refractivity contribution is 5.85. The van der Waals surface area contributed by atoms with Gasteiger partial charge in [-0.2, -0.15) is 5.10 Å². The number of aromatic nitrogens is 2. The van der Waals surface area contributed by atoms with E-state index in [0.29, 0.717) is 0 Å². The molecule has 0 bridgehead atoms. The zero-order valence-electron chi connectivity index (χ0n) is 12.5. The van der Waals surface area contributed by atoms with Crippen LogP contribution in [-0.4, -0.2) is 15.8 Å². The Kier molecular flexibility index (Phi) is 6.24. The molecule has 0 aliphatic carbocycles. The molecule has 1 unspecified atom stereocenters. The van der Waals surface area contributed by atoms with Crippen LogP contribution in [0.2, 0.25) is 0 Å². The van der Waals surface area contributed by atoms with Gasteiger partial charge in [-0.3, -0.25) is 4.68 Å². The first kappa shape index (κ1) is 16.7. The van der Waals surface area contributed by atoms with Gasteiger partial charge in [0.05, 0.1) is 12.2 Å². The normalized spacial score (nSPS) is 12.0. The van der Waals surface area contributed by atoms with Crippen LogP contribution in [0.1, 0.15) is 35.9 Å². The zero-order chi connectivity index (χ0) is 13.8. The molecule has 2 aromatic rings. The van der Waals surface area contributed by atoms with Crippen molar-refractivity contribution >= 4 is 12.4 Å². The van der Waals surface area contributed by atoms with E-state index in [4.69, 9.17) is 5.73 Å². The first-order valence-corrected chi connectivity index (χ1v) is 6.94. The highest BCUT2D eigenvalue weighted by atomic mass is 35.5. The Bertz CT molecular complexity index is 534. The molecule has 0 saturated carbocycles. The topological polar surface area (TPSA) is 43.8 Å². The van der Waals surface area contributed by atoms with E-state index in [1.54, 1.807) is 0 Å². The molecule has 20 heavy (non-hydrogen) atoms. The third-order valence-corrected chi connectivity index (χ3v) is 3.70. The fourth-order valence-electron chi connectivity index (χ4n) is 2.35. The molecule has 2 N–H and O–H groups in total. The van der Waals surface area contributed by atoms with Crippen LogP contribution in [0.25, 0.3) is 0 Å². The monoisotopic (exact) mass is 293 g/mol. The van der Waals surface area contributed by atoms with Crippen molar-refractivity contribution in [2.45, 2.75) is 46.2 Å². The second-order valence-corrected chi connectivity index (χ2v) is 5.17. The number of hydrogen-bond donors (Lipinski definition) is 1. The van der Waals surface area contributed by atoms with Crippen molar-refractivity contribution < 1.29 is 0 Å². The molecule has 0 radical (unpaired) electrons. The molecule has 1 aromatic heterocycles. The van der Waals surface area contributed by atoms with Crippen molar-refractivity contribution in [2.75, 3.05) is 0 Å². The van der Waals surface area contributed by atoms with Crippen molar-refractivity contribution in [2.24, 2.45) is 5.73 Å². The van der Waals surface area contributed by atoms with Gasteiger partial charge in [0, 0.05) is 11.7 Å². The predicted molar refractivity (Wildman–Crippen MR) is 86.5 cm³/mol. The molecule has 0 aliphatic rings. The molecule has 0 fully saturated rings. The van der Waals surface area contributed by atoms with Gasteiger partial charge < -0.3 is 5.73 Å². The minimum atomic E-state index is 0. The zero-order valence-corrected chi connectivity index (χ0v) is 13.3. The van der Waals surface area contributed by atoms with E-state index in [1.165, 1.54) is 16.8 Å². The average Bonchev–Trinajstić information content (AvgIpc) is 2.67. The molecular formula is C16H24ClN3. The summed E-state index contributed by atoms with van der Waals surface area (Å²) in [6.07, 6.45) is 1.92. The molecule has 3 nitrogen and oxygen atoms in total. The molecule has 0 saturated heterocycles. The summed E-state index contributed by atoms with van der Waals surface area (Å²) in [5.74, 6) is 0. The second-order valence-electron chi connectivity index (χ2n) is 5.17. The van der Waals surface area contributed by atoms with E-state index in [0.717, 1.165) is 25.1 Å². The number of aryl methyl sites for hydroxylation is 1. The molecule has 0 aliphatic heterocycles. The van der Waals surface area contributed by atoms with Gasteiger partial charge in [0.15, 0.2) is 0 Å². The quantitative estimate of drug-likeness (QED) is 0.919. The number of nitrogens with zero attached hydrogens (tertiary/aromatic N) is 2. The smallest absolute Gasteiger partial charge is 0.0662 e. The van der Waals surface area contributed by atoms with Crippen LogP contribution in [0.15, 0.2) is 30.3 Å². The predicted octanol–water partition coefficient (Wildman–Crippen LogP) is 3.25. The van der Waals surface area contributed by atoms with Crippen molar-refractivity contribution in [3.8, 4) is 0 Å². The van der Waals surface area contributed by atoms with E-state index in [1.807, 2.05) is 6.07 Å². The van der Waals surface area contributed by atoms with Crippen LogP contribution in [0.5, 0.6) is 0 Å². The van der Waals surface area contributed by atoms with Gasteiger partial charge in [-0.1, -0.05) is 37.3 Å². The summed E-state index contributed by atoms with van der Waals surface area (Å²) in [5.41, 5.74) is 11.0. The first-order valence-electron chi connectivity index (χ1n) is 6.94. The molecule has 1 aromatic carbocycles. The summed E-state index contributed by atoms with van der Waals surface area (Å²) >= 11 is 0. The lowest BCUT2D eigenvalue weighted by molar-refractivity contribution is 0.636. The molecule has 2 rings (SSSR count). The first-order chi connectivity index (χ1) is 9.11. The number of rotatable bonds is 5. The fraction of sp³-hybridized carbons (Fsp3) is 0.438. The van der Waals surface area contributed by atoms with Gasteiger partial charge in [0.1, 0.15) is 0 Å². The van der Waals surface area contributed by atoms with Crippen LogP contribution < -0.4 is 5.73 Å². The Morgan fingerprint density at radius 3 is 2.45 bits per heavy atom. The summed E-state index contributed by atoms with van der Waals surface area (Å²) in [7, 11) is 0. The lowest BCUT2D eigenvalue weighted by Crippen LogP contribution is -2.22. The van der Waals surface area contributed by atoms with Gasteiger partial charge in [-0.15, -0.1) is 12.4 Å². The van der Waals surface area contributed by atoms with E-state index in [-0.39, 0.29) is 18.4 Å². The lowest BCUT2D eigenvalue weighted by atomic mass is 10.0. The van der Waals surface area contributed by atoms with Crippen molar-refractivity contribution in [3.63, 3.8) is 0 Å². The van der Waals surface area contributed by atoms with Crippen molar-refractivity contribution in [1.82, 2.24) is 9.78 Å². The molecular weight excluding hydrogens is 270 g/mol. The molecule has 0 spiro atoms. The Hall–Kier alpha value is -1.32. The third-order valence-electron chi connectivity index (χ3n) is 3.70. The summed E-state index contributed by atoms with van der Waals surface area (Å²) in [4.78, 5) is 0. The van der Waals surface area contributed by atoms with Crippen LogP contribution in [0.4, 0.5) is 0 Å². The number of hydrogen-bond acceptors (Lipinski definition) is 2. The number of nitrogens with two attached hydrogens (primary N) is 1. The van der Waals surface area contributed by atoms with Crippen molar-refractivity contribution in [3.05, 3.63) is 52.8 Å². The maximum absolute atomic E-state index is 6.07. The Morgan fingerprint density at radius 2 is 1.85 bits per heavy atom. The average molecular weight is 294 g/mol. The van der Waals surface area contributed by atoms with Crippen LogP contribution in [0, 0.1) is 13.8 Å². The minimum Gasteiger partial charge on any atom is -0.327 e. The van der Waals surface area contributed by atoms with E-state index in [9.17, 15) is 0 Å². The van der Waals surface area contributed by atoms with Crippen LogP contribution >= 0.6 is 12.4 Å². The largest absolute Gasteiger partial charge is 0.327 e. The Morgan fingerprint density at radius 1 is 1.20 bits per heavy atom. The Labute approximate surface area is 127 Å². The molecule has 1 atom stereocenters. The van der Waals surface area contributed by atoms with Gasteiger partial charge in [0.2, 0.25) is 0 Å². The van der Waals surface area contributed by atoms with Crippen LogP contribution in [0.3, 0.4) is 0 Å². The maximum Gasteiger partial charge on any atom is 0.0662 e. The maximum atomic E-state index is 6.07. The van der Waals surface area contributed by atoms with Crippen LogP contribution in [-0.2, 0) is 13.0 Å². The molecule has 0 amide bonds. The van der Waals surface area contributed by atoms with Gasteiger partial charge >= 0.3 is 0 Å². The van der Waals surface area contributed by atoms with Gasteiger partial charge in [0.25, 0.3) is 0 Å². The third kappa shape index (κ3) is 3.84. The minimum absolute atomic E-state index is 0. The Balaban J connectivity index is 0.00000200. The summed E-state index contributed by atoms with van der Waals surface area (Å²) in [5, 5.41) is 4.65. The standard InChI is InChI=1S/C16H23N3.ClH/c1-4-15(17)10-16-12(2)18-19(13(16)3)11-14-8-6-5-7-9-14;/h5-9,15H,4,10-11,17H2,1-3H3;1H. The SMILES string of the molecule is CCC(N)Cc1c(C)nn(Cc2ccccc2)c1C.Cl.